The predicted octanol–water partition coefficient (Wildman–Crippen LogP) is 2.48. The molecule has 0 aliphatic heterocycles. The Morgan fingerprint density at radius 1 is 1.21 bits per heavy atom. The highest BCUT2D eigenvalue weighted by Gasteiger charge is 2.00. The van der Waals surface area contributed by atoms with Crippen LogP contribution in [-0.4, -0.2) is 16.6 Å². The molecule has 100 valence electrons. The van der Waals surface area contributed by atoms with Crippen molar-refractivity contribution in [3.05, 3.63) is 53.7 Å². The second-order valence-electron chi connectivity index (χ2n) is 4.19. The van der Waals surface area contributed by atoms with Gasteiger partial charge in [-0.2, -0.15) is 0 Å². The van der Waals surface area contributed by atoms with E-state index >= 15 is 0 Å². The Hall–Kier alpha value is -1.91. The highest BCUT2D eigenvalue weighted by molar-refractivity contribution is 5.31. The molecular weight excluding hydrogens is 240 g/mol. The lowest BCUT2D eigenvalue weighted by molar-refractivity contribution is 0.281. The minimum absolute atomic E-state index is 0.00620. The molecule has 0 unspecified atom stereocenters. The van der Waals surface area contributed by atoms with E-state index < -0.39 is 0 Å². The summed E-state index contributed by atoms with van der Waals surface area (Å²) in [6, 6.07) is 11.2. The van der Waals surface area contributed by atoms with Gasteiger partial charge < -0.3 is 15.2 Å². The van der Waals surface area contributed by atoms with Gasteiger partial charge in [-0.15, -0.1) is 0 Å². The van der Waals surface area contributed by atoms with Crippen molar-refractivity contribution >= 4 is 0 Å². The fourth-order valence-corrected chi connectivity index (χ4v) is 1.67. The van der Waals surface area contributed by atoms with Gasteiger partial charge >= 0.3 is 0 Å². The normalized spacial score (nSPS) is 10.4. The average Bonchev–Trinajstić information content (AvgIpc) is 2.47. The van der Waals surface area contributed by atoms with Crippen LogP contribution in [0.2, 0.25) is 0 Å². The molecular formula is C15H18N2O2. The number of rotatable bonds is 6. The van der Waals surface area contributed by atoms with Gasteiger partial charge in [0.2, 0.25) is 5.88 Å². The van der Waals surface area contributed by atoms with Crippen molar-refractivity contribution in [3.63, 3.8) is 0 Å². The monoisotopic (exact) mass is 258 g/mol. The summed E-state index contributed by atoms with van der Waals surface area (Å²) in [6.45, 7) is 3.82. The number of ether oxygens (including phenoxy) is 1. The number of benzene rings is 1. The molecule has 19 heavy (non-hydrogen) atoms. The van der Waals surface area contributed by atoms with Gasteiger partial charge in [-0.05, 0) is 29.8 Å². The van der Waals surface area contributed by atoms with Crippen LogP contribution in [0, 0.1) is 0 Å². The predicted molar refractivity (Wildman–Crippen MR) is 74.1 cm³/mol. The summed E-state index contributed by atoms with van der Waals surface area (Å²) < 4.78 is 5.64. The van der Waals surface area contributed by atoms with Crippen LogP contribution in [-0.2, 0) is 13.2 Å². The Bertz CT molecular complexity index is 512. The second-order valence-corrected chi connectivity index (χ2v) is 4.19. The smallest absolute Gasteiger partial charge is 0.219 e. The highest BCUT2D eigenvalue weighted by Crippen LogP contribution is 2.20. The zero-order chi connectivity index (χ0) is 13.5. The van der Waals surface area contributed by atoms with Gasteiger partial charge in [-0.1, -0.05) is 25.1 Å². The van der Waals surface area contributed by atoms with Crippen LogP contribution in [0.25, 0.3) is 0 Å². The van der Waals surface area contributed by atoms with Gasteiger partial charge in [-0.25, -0.2) is 4.98 Å². The van der Waals surface area contributed by atoms with Crippen molar-refractivity contribution in [2.75, 3.05) is 6.54 Å². The minimum atomic E-state index is 0.00620. The summed E-state index contributed by atoms with van der Waals surface area (Å²) in [5.74, 6) is 1.23. The maximum absolute atomic E-state index is 9.07. The molecule has 2 aromatic rings. The molecule has 0 saturated carbocycles. The van der Waals surface area contributed by atoms with E-state index in [9.17, 15) is 0 Å². The second kappa shape index (κ2) is 6.87. The topological polar surface area (TPSA) is 54.4 Å². The molecule has 0 fully saturated rings. The van der Waals surface area contributed by atoms with Crippen LogP contribution in [0.15, 0.2) is 42.6 Å². The number of nitrogens with one attached hydrogen (secondary N) is 1. The van der Waals surface area contributed by atoms with Gasteiger partial charge in [0.15, 0.2) is 0 Å². The first-order chi connectivity index (χ1) is 9.31. The van der Waals surface area contributed by atoms with Crippen LogP contribution in [0.3, 0.4) is 0 Å². The Kier molecular flexibility index (Phi) is 4.89. The molecule has 1 aromatic heterocycles. The number of hydrogen-bond donors (Lipinski definition) is 2. The Labute approximate surface area is 113 Å². The molecule has 2 N–H and O–H groups in total. The third-order valence-electron chi connectivity index (χ3n) is 2.68. The lowest BCUT2D eigenvalue weighted by Gasteiger charge is -2.07. The maximum Gasteiger partial charge on any atom is 0.219 e. The van der Waals surface area contributed by atoms with Crippen LogP contribution < -0.4 is 10.1 Å². The number of aliphatic hydroxyl groups excluding tert-OH is 1. The van der Waals surface area contributed by atoms with Gasteiger partial charge in [0, 0.05) is 18.8 Å². The van der Waals surface area contributed by atoms with E-state index in [4.69, 9.17) is 9.84 Å². The Morgan fingerprint density at radius 2 is 2.11 bits per heavy atom. The molecule has 0 atom stereocenters. The van der Waals surface area contributed by atoms with E-state index in [1.807, 2.05) is 30.3 Å². The van der Waals surface area contributed by atoms with E-state index in [-0.39, 0.29) is 6.61 Å². The number of nitrogens with zero attached hydrogens (tertiary/aromatic N) is 1. The van der Waals surface area contributed by atoms with E-state index in [0.29, 0.717) is 11.6 Å². The van der Waals surface area contributed by atoms with Crippen molar-refractivity contribution < 1.29 is 9.84 Å². The van der Waals surface area contributed by atoms with Crippen molar-refractivity contribution in [2.24, 2.45) is 0 Å². The highest BCUT2D eigenvalue weighted by atomic mass is 16.5. The van der Waals surface area contributed by atoms with Crippen molar-refractivity contribution in [3.8, 4) is 11.6 Å². The van der Waals surface area contributed by atoms with E-state index in [0.717, 1.165) is 24.2 Å². The summed E-state index contributed by atoms with van der Waals surface area (Å²) in [5, 5.41) is 12.3. The van der Waals surface area contributed by atoms with E-state index in [2.05, 4.69) is 17.2 Å². The van der Waals surface area contributed by atoms with Crippen LogP contribution in [0.4, 0.5) is 0 Å². The first-order valence-corrected chi connectivity index (χ1v) is 6.35. The molecule has 0 aliphatic rings. The number of pyridine rings is 1. The third-order valence-corrected chi connectivity index (χ3v) is 2.68. The Balaban J connectivity index is 2.02. The van der Waals surface area contributed by atoms with Crippen molar-refractivity contribution in [1.82, 2.24) is 10.3 Å². The standard InChI is InChI=1S/C15H18N2O2/c1-2-16-9-13-6-7-15(17-10-13)19-14-5-3-4-12(8-14)11-18/h3-8,10,16,18H,2,9,11H2,1H3. The minimum Gasteiger partial charge on any atom is -0.439 e. The van der Waals surface area contributed by atoms with Crippen LogP contribution >= 0.6 is 0 Å². The van der Waals surface area contributed by atoms with Crippen LogP contribution in [0.5, 0.6) is 11.6 Å². The molecule has 4 nitrogen and oxygen atoms in total. The SMILES string of the molecule is CCNCc1ccc(Oc2cccc(CO)c2)nc1. The van der Waals surface area contributed by atoms with Gasteiger partial charge in [-0.3, -0.25) is 0 Å². The molecule has 0 radical (unpaired) electrons. The fraction of sp³-hybridized carbons (Fsp3) is 0.267. The van der Waals surface area contributed by atoms with Gasteiger partial charge in [0.25, 0.3) is 0 Å². The first-order valence-electron chi connectivity index (χ1n) is 6.35. The number of hydrogen-bond acceptors (Lipinski definition) is 4. The molecule has 1 heterocycles. The molecule has 2 rings (SSSR count). The van der Waals surface area contributed by atoms with Gasteiger partial charge in [0.05, 0.1) is 6.61 Å². The van der Waals surface area contributed by atoms with Crippen molar-refractivity contribution in [2.45, 2.75) is 20.1 Å². The van der Waals surface area contributed by atoms with Gasteiger partial charge in [0.1, 0.15) is 5.75 Å². The summed E-state index contributed by atoms with van der Waals surface area (Å²) in [6.07, 6.45) is 1.80. The van der Waals surface area contributed by atoms with E-state index in [1.165, 1.54) is 0 Å². The maximum atomic E-state index is 9.07. The zero-order valence-electron chi connectivity index (χ0n) is 11.0. The number of aliphatic hydroxyl groups is 1. The quantitative estimate of drug-likeness (QED) is 0.835. The lowest BCUT2D eigenvalue weighted by atomic mass is 10.2. The zero-order valence-corrected chi connectivity index (χ0v) is 11.0. The summed E-state index contributed by atoms with van der Waals surface area (Å²) in [4.78, 5) is 4.26. The molecule has 0 bridgehead atoms. The summed E-state index contributed by atoms with van der Waals surface area (Å²) >= 11 is 0. The number of aromatic nitrogens is 1. The van der Waals surface area contributed by atoms with Crippen molar-refractivity contribution in [1.29, 1.82) is 0 Å². The lowest BCUT2D eigenvalue weighted by Crippen LogP contribution is -2.11. The molecule has 0 spiro atoms. The molecule has 0 saturated heterocycles. The largest absolute Gasteiger partial charge is 0.439 e. The summed E-state index contributed by atoms with van der Waals surface area (Å²) in [5.41, 5.74) is 1.94. The molecule has 0 amide bonds. The fourth-order valence-electron chi connectivity index (χ4n) is 1.67. The molecule has 1 aromatic carbocycles. The molecule has 0 aliphatic carbocycles. The average molecular weight is 258 g/mol. The Morgan fingerprint density at radius 3 is 2.79 bits per heavy atom. The van der Waals surface area contributed by atoms with E-state index in [1.54, 1.807) is 12.3 Å². The first kappa shape index (κ1) is 13.5. The molecule has 4 heteroatoms. The summed E-state index contributed by atoms with van der Waals surface area (Å²) in [7, 11) is 0. The van der Waals surface area contributed by atoms with Crippen LogP contribution in [0.1, 0.15) is 18.1 Å². The third kappa shape index (κ3) is 4.05.